The summed E-state index contributed by atoms with van der Waals surface area (Å²) in [5.41, 5.74) is 3.68. The molecule has 30 heavy (non-hydrogen) atoms. The lowest BCUT2D eigenvalue weighted by Crippen LogP contribution is -2.27. The van der Waals surface area contributed by atoms with Gasteiger partial charge >= 0.3 is 0 Å². The van der Waals surface area contributed by atoms with E-state index in [0.717, 1.165) is 22.4 Å². The molecule has 0 atom stereocenters. The number of nitrogens with zero attached hydrogens (tertiary/aromatic N) is 2. The Kier molecular flexibility index (Phi) is 5.57. The van der Waals surface area contributed by atoms with Crippen LogP contribution >= 0.6 is 22.9 Å². The van der Waals surface area contributed by atoms with E-state index in [1.165, 1.54) is 22.2 Å². The summed E-state index contributed by atoms with van der Waals surface area (Å²) < 4.78 is 6.99. The fourth-order valence-electron chi connectivity index (χ4n) is 3.10. The van der Waals surface area contributed by atoms with Gasteiger partial charge in [-0.1, -0.05) is 29.8 Å². The Morgan fingerprint density at radius 2 is 2.00 bits per heavy atom. The number of amides is 1. The third-order valence-electron chi connectivity index (χ3n) is 4.66. The maximum atomic E-state index is 12.9. The van der Waals surface area contributed by atoms with Crippen molar-refractivity contribution in [2.24, 2.45) is 0 Å². The van der Waals surface area contributed by atoms with Crippen LogP contribution < -0.4 is 15.6 Å². The largest absolute Gasteiger partial charge is 0.497 e. The van der Waals surface area contributed by atoms with Gasteiger partial charge in [0.1, 0.15) is 17.0 Å². The Balaban J connectivity index is 1.59. The van der Waals surface area contributed by atoms with Gasteiger partial charge in [-0.05, 0) is 42.3 Å². The van der Waals surface area contributed by atoms with E-state index in [9.17, 15) is 9.59 Å². The number of hydrogen-bond acceptors (Lipinski definition) is 5. The van der Waals surface area contributed by atoms with Crippen LogP contribution in [-0.2, 0) is 11.3 Å². The predicted molar refractivity (Wildman–Crippen MR) is 121 cm³/mol. The lowest BCUT2D eigenvalue weighted by Gasteiger charge is -2.09. The molecule has 0 saturated carbocycles. The maximum Gasteiger partial charge on any atom is 0.271 e. The standard InChI is InChI=1S/C22H18ClN3O3S/c1-13-3-8-18(17(23)9-13)25-19(27)10-26-12-24-20-16(11-30-21(20)22(26)28)14-4-6-15(29-2)7-5-14/h3-9,11-12H,10H2,1-2H3,(H,25,27). The summed E-state index contributed by atoms with van der Waals surface area (Å²) in [4.78, 5) is 29.8. The number of thiophene rings is 1. The molecular weight excluding hydrogens is 422 g/mol. The second-order valence-electron chi connectivity index (χ2n) is 6.76. The van der Waals surface area contributed by atoms with Crippen molar-refractivity contribution in [3.63, 3.8) is 0 Å². The number of halogens is 1. The van der Waals surface area contributed by atoms with Gasteiger partial charge in [-0.25, -0.2) is 4.98 Å². The number of fused-ring (bicyclic) bond motifs is 1. The van der Waals surface area contributed by atoms with Gasteiger partial charge in [-0.3, -0.25) is 14.2 Å². The SMILES string of the molecule is COc1ccc(-c2csc3c(=O)n(CC(=O)Nc4ccc(C)cc4Cl)cnc23)cc1. The molecule has 0 bridgehead atoms. The molecule has 2 heterocycles. The van der Waals surface area contributed by atoms with Gasteiger partial charge in [0.25, 0.3) is 5.56 Å². The Morgan fingerprint density at radius 1 is 1.23 bits per heavy atom. The fourth-order valence-corrected chi connectivity index (χ4v) is 4.35. The number of carbonyl (C=O) groups is 1. The first-order valence-corrected chi connectivity index (χ1v) is 10.4. The molecule has 152 valence electrons. The van der Waals surface area contributed by atoms with Crippen LogP contribution in [0.4, 0.5) is 5.69 Å². The van der Waals surface area contributed by atoms with E-state index in [1.807, 2.05) is 42.6 Å². The summed E-state index contributed by atoms with van der Waals surface area (Å²) in [5, 5.41) is 5.09. The molecule has 0 fully saturated rings. The van der Waals surface area contributed by atoms with Crippen LogP contribution in [0.3, 0.4) is 0 Å². The molecule has 0 aliphatic heterocycles. The van der Waals surface area contributed by atoms with Gasteiger partial charge in [-0.2, -0.15) is 0 Å². The molecule has 0 aliphatic carbocycles. The van der Waals surface area contributed by atoms with Crippen LogP contribution in [0.5, 0.6) is 5.75 Å². The summed E-state index contributed by atoms with van der Waals surface area (Å²) in [6.45, 7) is 1.76. The van der Waals surface area contributed by atoms with Crippen molar-refractivity contribution in [2.75, 3.05) is 12.4 Å². The number of hydrogen-bond donors (Lipinski definition) is 1. The minimum absolute atomic E-state index is 0.151. The second kappa shape index (κ2) is 8.30. The summed E-state index contributed by atoms with van der Waals surface area (Å²) in [7, 11) is 1.61. The number of rotatable bonds is 5. The zero-order valence-electron chi connectivity index (χ0n) is 16.3. The molecule has 2 aromatic heterocycles. The zero-order chi connectivity index (χ0) is 21.3. The highest BCUT2D eigenvalue weighted by atomic mass is 35.5. The van der Waals surface area contributed by atoms with Crippen LogP contribution in [-0.4, -0.2) is 22.6 Å². The zero-order valence-corrected chi connectivity index (χ0v) is 17.9. The lowest BCUT2D eigenvalue weighted by atomic mass is 10.1. The number of benzene rings is 2. The molecule has 0 unspecified atom stereocenters. The van der Waals surface area contributed by atoms with E-state index >= 15 is 0 Å². The average Bonchev–Trinajstić information content (AvgIpc) is 3.17. The number of nitrogens with one attached hydrogen (secondary N) is 1. The normalized spacial score (nSPS) is 10.9. The van der Waals surface area contributed by atoms with Gasteiger partial charge in [0.15, 0.2) is 0 Å². The van der Waals surface area contributed by atoms with Gasteiger partial charge < -0.3 is 10.1 Å². The van der Waals surface area contributed by atoms with Crippen molar-refractivity contribution in [1.29, 1.82) is 0 Å². The minimum Gasteiger partial charge on any atom is -0.497 e. The van der Waals surface area contributed by atoms with E-state index in [2.05, 4.69) is 10.3 Å². The predicted octanol–water partition coefficient (Wildman–Crippen LogP) is 4.73. The first-order valence-electron chi connectivity index (χ1n) is 9.13. The van der Waals surface area contributed by atoms with Gasteiger partial charge in [0, 0.05) is 10.9 Å². The fraction of sp³-hybridized carbons (Fsp3) is 0.136. The van der Waals surface area contributed by atoms with Crippen LogP contribution in [0.1, 0.15) is 5.56 Å². The number of anilines is 1. The molecule has 0 saturated heterocycles. The molecule has 6 nitrogen and oxygen atoms in total. The van der Waals surface area contributed by atoms with Crippen LogP contribution in [0.2, 0.25) is 5.02 Å². The molecule has 1 N–H and O–H groups in total. The quantitative estimate of drug-likeness (QED) is 0.487. The Hall–Kier alpha value is -3.16. The van der Waals surface area contributed by atoms with Gasteiger partial charge in [0.05, 0.1) is 29.7 Å². The molecule has 0 radical (unpaired) electrons. The maximum absolute atomic E-state index is 12.9. The summed E-state index contributed by atoms with van der Waals surface area (Å²) >= 11 is 7.48. The molecular formula is C22H18ClN3O3S. The molecule has 0 spiro atoms. The first kappa shape index (κ1) is 20.1. The van der Waals surface area contributed by atoms with Crippen molar-refractivity contribution < 1.29 is 9.53 Å². The van der Waals surface area contributed by atoms with Crippen LogP contribution in [0.15, 0.2) is 59.0 Å². The summed E-state index contributed by atoms with van der Waals surface area (Å²) in [6.07, 6.45) is 1.40. The number of aromatic nitrogens is 2. The monoisotopic (exact) mass is 439 g/mol. The molecule has 4 rings (SSSR count). The topological polar surface area (TPSA) is 73.2 Å². The van der Waals surface area contributed by atoms with Crippen molar-refractivity contribution in [2.45, 2.75) is 13.5 Å². The smallest absolute Gasteiger partial charge is 0.271 e. The summed E-state index contributed by atoms with van der Waals surface area (Å²) in [6, 6.07) is 12.9. The van der Waals surface area contributed by atoms with Crippen LogP contribution in [0, 0.1) is 6.92 Å². The van der Waals surface area contributed by atoms with Crippen molar-refractivity contribution in [3.8, 4) is 16.9 Å². The van der Waals surface area contributed by atoms with E-state index < -0.39 is 0 Å². The van der Waals surface area contributed by atoms with Crippen LogP contribution in [0.25, 0.3) is 21.3 Å². The highest BCUT2D eigenvalue weighted by Gasteiger charge is 2.15. The molecule has 2 aromatic carbocycles. The van der Waals surface area contributed by atoms with Crippen molar-refractivity contribution >= 4 is 44.7 Å². The van der Waals surface area contributed by atoms with Gasteiger partial charge in [-0.15, -0.1) is 11.3 Å². The lowest BCUT2D eigenvalue weighted by molar-refractivity contribution is -0.116. The number of carbonyl (C=O) groups excluding carboxylic acids is 1. The van der Waals surface area contributed by atoms with Crippen molar-refractivity contribution in [1.82, 2.24) is 9.55 Å². The average molecular weight is 440 g/mol. The third-order valence-corrected chi connectivity index (χ3v) is 5.93. The molecule has 1 amide bonds. The van der Waals surface area contributed by atoms with Gasteiger partial charge in [0.2, 0.25) is 5.91 Å². The highest BCUT2D eigenvalue weighted by Crippen LogP contribution is 2.31. The Bertz CT molecular complexity index is 1300. The van der Waals surface area contributed by atoms with E-state index in [4.69, 9.17) is 16.3 Å². The molecule has 8 heteroatoms. The van der Waals surface area contributed by atoms with E-state index in [1.54, 1.807) is 19.2 Å². The van der Waals surface area contributed by atoms with E-state index in [0.29, 0.717) is 20.9 Å². The third kappa shape index (κ3) is 3.94. The molecule has 4 aromatic rings. The Morgan fingerprint density at radius 3 is 2.70 bits per heavy atom. The number of ether oxygens (including phenoxy) is 1. The first-order chi connectivity index (χ1) is 14.5. The second-order valence-corrected chi connectivity index (χ2v) is 8.05. The Labute approximate surface area is 181 Å². The van der Waals surface area contributed by atoms with Crippen molar-refractivity contribution in [3.05, 3.63) is 75.1 Å². The highest BCUT2D eigenvalue weighted by molar-refractivity contribution is 7.17. The van der Waals surface area contributed by atoms with E-state index in [-0.39, 0.29) is 18.0 Å². The number of methoxy groups -OCH3 is 1. The number of aryl methyl sites for hydroxylation is 1. The molecule has 0 aliphatic rings. The minimum atomic E-state index is -0.351. The summed E-state index contributed by atoms with van der Waals surface area (Å²) in [5.74, 6) is 0.407.